The van der Waals surface area contributed by atoms with Gasteiger partial charge in [0.15, 0.2) is 0 Å². The molecule has 30 heavy (non-hydrogen) atoms. The van der Waals surface area contributed by atoms with Gasteiger partial charge >= 0.3 is 0 Å². The van der Waals surface area contributed by atoms with E-state index in [1.54, 1.807) is 0 Å². The maximum Gasteiger partial charge on any atom is 0.0443 e. The highest BCUT2D eigenvalue weighted by atomic mass is 14.7. The van der Waals surface area contributed by atoms with Gasteiger partial charge in [-0.1, -0.05) is 54.6 Å². The summed E-state index contributed by atoms with van der Waals surface area (Å²) in [6.45, 7) is 6.35. The number of fused-ring (bicyclic) bond motifs is 2. The Morgan fingerprint density at radius 3 is 1.87 bits per heavy atom. The van der Waals surface area contributed by atoms with Gasteiger partial charge < -0.3 is 0 Å². The van der Waals surface area contributed by atoms with Gasteiger partial charge in [0.2, 0.25) is 0 Å². The normalized spacial score (nSPS) is 13.5. The summed E-state index contributed by atoms with van der Waals surface area (Å²) in [7, 11) is 0. The zero-order valence-electron chi connectivity index (χ0n) is 17.4. The van der Waals surface area contributed by atoms with Crippen molar-refractivity contribution in [3.63, 3.8) is 0 Å². The minimum atomic E-state index is 0.277. The second kappa shape index (κ2) is 6.24. The fourth-order valence-corrected chi connectivity index (χ4v) is 4.99. The minimum Gasteiger partial charge on any atom is -0.290 e. The SMILES string of the molecule is C/C=c1/ccc2c3ccc4cncc5ccc(c6ccc(C=NC(C)C)c1c62)c3c54. The van der Waals surface area contributed by atoms with Crippen molar-refractivity contribution >= 4 is 66.2 Å². The van der Waals surface area contributed by atoms with Crippen molar-refractivity contribution in [2.75, 3.05) is 0 Å². The molecule has 0 spiro atoms. The fraction of sp³-hybridized carbons (Fsp3) is 0.143. The lowest BCUT2D eigenvalue weighted by molar-refractivity contribution is 0.841. The molecular formula is C28H22N2. The predicted molar refractivity (Wildman–Crippen MR) is 131 cm³/mol. The Morgan fingerprint density at radius 1 is 0.700 bits per heavy atom. The highest BCUT2D eigenvalue weighted by molar-refractivity contribution is 6.37. The molecule has 2 heteroatoms. The van der Waals surface area contributed by atoms with Crippen LogP contribution in [0, 0.1) is 0 Å². The quantitative estimate of drug-likeness (QED) is 0.186. The average Bonchev–Trinajstić information content (AvgIpc) is 2.77. The number of pyridine rings is 1. The summed E-state index contributed by atoms with van der Waals surface area (Å²) in [5, 5.41) is 14.2. The Kier molecular flexibility index (Phi) is 3.61. The predicted octanol–water partition coefficient (Wildman–Crippen LogP) is 6.63. The fourth-order valence-electron chi connectivity index (χ4n) is 4.99. The Labute approximate surface area is 174 Å². The Morgan fingerprint density at radius 2 is 1.27 bits per heavy atom. The number of aliphatic imine (C=N–C) groups is 1. The molecule has 0 saturated heterocycles. The van der Waals surface area contributed by atoms with E-state index in [0.717, 1.165) is 0 Å². The first-order valence-electron chi connectivity index (χ1n) is 10.6. The Hall–Kier alpha value is -3.52. The van der Waals surface area contributed by atoms with Crippen LogP contribution in [0.15, 0.2) is 65.9 Å². The zero-order chi connectivity index (χ0) is 20.4. The lowest BCUT2D eigenvalue weighted by atomic mass is 9.86. The molecule has 0 aliphatic heterocycles. The Bertz CT molecular complexity index is 1610. The van der Waals surface area contributed by atoms with Crippen molar-refractivity contribution in [3.05, 3.63) is 71.7 Å². The van der Waals surface area contributed by atoms with E-state index in [2.05, 4.69) is 80.4 Å². The number of nitrogens with zero attached hydrogens (tertiary/aromatic N) is 2. The van der Waals surface area contributed by atoms with Gasteiger partial charge in [-0.05, 0) is 63.7 Å². The van der Waals surface area contributed by atoms with Crippen molar-refractivity contribution in [1.29, 1.82) is 0 Å². The molecule has 1 aromatic heterocycles. The number of hydrogen-bond donors (Lipinski definition) is 0. The van der Waals surface area contributed by atoms with Crippen LogP contribution in [0.1, 0.15) is 26.3 Å². The molecule has 0 amide bonds. The van der Waals surface area contributed by atoms with E-state index in [-0.39, 0.29) is 6.04 Å². The van der Waals surface area contributed by atoms with Gasteiger partial charge in [0.1, 0.15) is 0 Å². The highest BCUT2D eigenvalue weighted by Gasteiger charge is 2.16. The molecule has 6 rings (SSSR count). The summed E-state index contributed by atoms with van der Waals surface area (Å²) in [5.74, 6) is 0. The monoisotopic (exact) mass is 386 g/mol. The maximum atomic E-state index is 4.69. The lowest BCUT2D eigenvalue weighted by Gasteiger charge is -2.17. The zero-order valence-corrected chi connectivity index (χ0v) is 17.4. The van der Waals surface area contributed by atoms with Gasteiger partial charge in [-0.2, -0.15) is 0 Å². The summed E-state index contributed by atoms with van der Waals surface area (Å²) in [5.41, 5.74) is 1.19. The van der Waals surface area contributed by atoms with Gasteiger partial charge in [-0.3, -0.25) is 9.98 Å². The van der Waals surface area contributed by atoms with E-state index in [4.69, 9.17) is 4.99 Å². The standard InChI is InChI=1S/C28H22N2/c1-4-17-5-9-21-23-10-6-18-13-29-14-19-7-11-24(28(23)26(18)19)22-12-8-20(15-30-16(2)3)25(17)27(21)22/h4-16H,1-3H3/b17-4-,30-15?. The first-order valence-corrected chi connectivity index (χ1v) is 10.6. The van der Waals surface area contributed by atoms with Crippen molar-refractivity contribution < 1.29 is 0 Å². The maximum absolute atomic E-state index is 4.69. The van der Waals surface area contributed by atoms with E-state index in [0.29, 0.717) is 0 Å². The van der Waals surface area contributed by atoms with Crippen LogP contribution in [0.5, 0.6) is 0 Å². The van der Waals surface area contributed by atoms with Crippen LogP contribution in [-0.4, -0.2) is 17.2 Å². The van der Waals surface area contributed by atoms with Gasteiger partial charge in [-0.15, -0.1) is 0 Å². The van der Waals surface area contributed by atoms with E-state index in [1.165, 1.54) is 64.6 Å². The van der Waals surface area contributed by atoms with E-state index >= 15 is 0 Å². The van der Waals surface area contributed by atoms with Gasteiger partial charge in [0, 0.05) is 46.4 Å². The van der Waals surface area contributed by atoms with Crippen LogP contribution in [0.4, 0.5) is 0 Å². The minimum absolute atomic E-state index is 0.277. The molecule has 1 heterocycles. The number of aromatic nitrogens is 1. The van der Waals surface area contributed by atoms with E-state index < -0.39 is 0 Å². The van der Waals surface area contributed by atoms with Crippen LogP contribution < -0.4 is 5.22 Å². The summed E-state index contributed by atoms with van der Waals surface area (Å²) in [6, 6.07) is 18.3. The van der Waals surface area contributed by atoms with Crippen LogP contribution >= 0.6 is 0 Å². The summed E-state index contributed by atoms with van der Waals surface area (Å²) in [4.78, 5) is 9.12. The lowest BCUT2D eigenvalue weighted by Crippen LogP contribution is -2.06. The molecule has 0 fully saturated rings. The van der Waals surface area contributed by atoms with Crippen molar-refractivity contribution in [1.82, 2.24) is 4.98 Å². The highest BCUT2D eigenvalue weighted by Crippen LogP contribution is 2.42. The molecule has 5 aromatic carbocycles. The van der Waals surface area contributed by atoms with Crippen molar-refractivity contribution in [2.24, 2.45) is 4.99 Å². The van der Waals surface area contributed by atoms with Crippen LogP contribution in [0.3, 0.4) is 0 Å². The number of hydrogen-bond acceptors (Lipinski definition) is 2. The van der Waals surface area contributed by atoms with E-state index in [1.807, 2.05) is 18.6 Å². The molecule has 0 unspecified atom stereocenters. The first kappa shape index (κ1) is 17.3. The Balaban J connectivity index is 1.92. The van der Waals surface area contributed by atoms with Crippen LogP contribution in [0.2, 0.25) is 0 Å². The first-order chi connectivity index (χ1) is 14.7. The molecule has 0 aliphatic rings. The van der Waals surface area contributed by atoms with Crippen LogP contribution in [0.25, 0.3) is 59.9 Å². The number of benzene rings is 5. The van der Waals surface area contributed by atoms with Gasteiger partial charge in [0.25, 0.3) is 0 Å². The van der Waals surface area contributed by atoms with Crippen molar-refractivity contribution in [3.8, 4) is 0 Å². The second-order valence-electron chi connectivity index (χ2n) is 8.38. The third kappa shape index (κ3) is 2.25. The number of rotatable bonds is 2. The average molecular weight is 386 g/mol. The van der Waals surface area contributed by atoms with Gasteiger partial charge in [0.05, 0.1) is 0 Å². The molecule has 0 aliphatic carbocycles. The van der Waals surface area contributed by atoms with Crippen LogP contribution in [-0.2, 0) is 0 Å². The molecule has 0 radical (unpaired) electrons. The molecular weight excluding hydrogens is 364 g/mol. The molecule has 0 atom stereocenters. The smallest absolute Gasteiger partial charge is 0.0443 e. The third-order valence-electron chi connectivity index (χ3n) is 6.28. The van der Waals surface area contributed by atoms with Crippen molar-refractivity contribution in [2.45, 2.75) is 26.8 Å². The summed E-state index contributed by atoms with van der Waals surface area (Å²) >= 11 is 0. The third-order valence-corrected chi connectivity index (χ3v) is 6.28. The summed E-state index contributed by atoms with van der Waals surface area (Å²) in [6.07, 6.45) is 8.20. The molecule has 0 bridgehead atoms. The topological polar surface area (TPSA) is 25.2 Å². The molecule has 0 saturated carbocycles. The molecule has 6 aromatic rings. The van der Waals surface area contributed by atoms with Gasteiger partial charge in [-0.25, -0.2) is 0 Å². The molecule has 144 valence electrons. The second-order valence-corrected chi connectivity index (χ2v) is 8.38. The summed E-state index contributed by atoms with van der Waals surface area (Å²) < 4.78 is 0. The molecule has 2 nitrogen and oxygen atoms in total. The molecule has 0 N–H and O–H groups in total. The van der Waals surface area contributed by atoms with E-state index in [9.17, 15) is 0 Å². The largest absolute Gasteiger partial charge is 0.290 e.